The van der Waals surface area contributed by atoms with Gasteiger partial charge in [0, 0.05) is 5.56 Å². The Bertz CT molecular complexity index is 512. The Kier molecular flexibility index (Phi) is 2.83. The van der Waals surface area contributed by atoms with Crippen molar-refractivity contribution in [3.8, 4) is 11.1 Å². The maximum Gasteiger partial charge on any atom is 0.155 e. The largest absolute Gasteiger partial charge is 0.321 e. The van der Waals surface area contributed by atoms with E-state index in [1.807, 2.05) is 0 Å². The van der Waals surface area contributed by atoms with Crippen molar-refractivity contribution in [3.05, 3.63) is 54.1 Å². The third-order valence-corrected chi connectivity index (χ3v) is 2.29. The molecule has 0 atom stereocenters. The van der Waals surface area contributed by atoms with Crippen LogP contribution in [0.2, 0.25) is 0 Å². The monoisotopic (exact) mass is 220 g/mol. The highest BCUT2D eigenvalue weighted by molar-refractivity contribution is 5.69. The summed E-state index contributed by atoms with van der Waals surface area (Å²) in [6.07, 6.45) is 0. The van der Waals surface area contributed by atoms with Crippen LogP contribution in [-0.2, 0) is 0 Å². The molecule has 0 aliphatic heterocycles. The fourth-order valence-electron chi connectivity index (χ4n) is 1.52. The number of nitrogen functional groups attached to an aromatic ring is 1. The van der Waals surface area contributed by atoms with E-state index < -0.39 is 11.6 Å². The van der Waals surface area contributed by atoms with Crippen LogP contribution >= 0.6 is 0 Å². The van der Waals surface area contributed by atoms with Crippen molar-refractivity contribution >= 4 is 5.69 Å². The number of hydrazine groups is 1. The predicted molar refractivity (Wildman–Crippen MR) is 59.6 cm³/mol. The lowest BCUT2D eigenvalue weighted by Crippen LogP contribution is -2.08. The lowest BCUT2D eigenvalue weighted by atomic mass is 10.0. The molecule has 0 aliphatic carbocycles. The van der Waals surface area contributed by atoms with E-state index in [0.717, 1.165) is 0 Å². The summed E-state index contributed by atoms with van der Waals surface area (Å²) in [5, 5.41) is 0. The molecular formula is C12H10F2N2. The number of halogens is 2. The second kappa shape index (κ2) is 4.28. The summed E-state index contributed by atoms with van der Waals surface area (Å²) in [6, 6.07) is 10.5. The van der Waals surface area contributed by atoms with Crippen molar-refractivity contribution in [3.63, 3.8) is 0 Å². The van der Waals surface area contributed by atoms with Gasteiger partial charge in [-0.15, -0.1) is 0 Å². The van der Waals surface area contributed by atoms with Gasteiger partial charge < -0.3 is 5.43 Å². The van der Waals surface area contributed by atoms with E-state index in [2.05, 4.69) is 5.43 Å². The number of hydrogen-bond donors (Lipinski definition) is 2. The van der Waals surface area contributed by atoms with E-state index in [-0.39, 0.29) is 5.69 Å². The smallest absolute Gasteiger partial charge is 0.155 e. The normalized spacial score (nSPS) is 10.2. The Hall–Kier alpha value is -1.94. The molecule has 0 heterocycles. The summed E-state index contributed by atoms with van der Waals surface area (Å²) < 4.78 is 26.8. The number of nitrogens with one attached hydrogen (secondary N) is 1. The van der Waals surface area contributed by atoms with Crippen LogP contribution in [0.3, 0.4) is 0 Å². The first kappa shape index (κ1) is 10.6. The molecule has 2 aromatic carbocycles. The third kappa shape index (κ3) is 1.87. The Morgan fingerprint density at radius 3 is 2.44 bits per heavy atom. The standard InChI is InChI=1S/C12H10F2N2/c13-9-4-1-3-8(7-9)10-5-2-6-11(16-15)12(10)14/h1-7,16H,15H2. The van der Waals surface area contributed by atoms with Crippen molar-refractivity contribution in [1.82, 2.24) is 0 Å². The van der Waals surface area contributed by atoms with Gasteiger partial charge in [-0.05, 0) is 23.8 Å². The molecule has 0 amide bonds. The highest BCUT2D eigenvalue weighted by atomic mass is 19.1. The Labute approximate surface area is 91.7 Å². The van der Waals surface area contributed by atoms with Gasteiger partial charge in [0.1, 0.15) is 5.82 Å². The van der Waals surface area contributed by atoms with Gasteiger partial charge in [-0.1, -0.05) is 24.3 Å². The molecule has 0 saturated carbocycles. The molecule has 82 valence electrons. The minimum Gasteiger partial charge on any atom is -0.321 e. The Morgan fingerprint density at radius 1 is 1.00 bits per heavy atom. The van der Waals surface area contributed by atoms with Gasteiger partial charge in [0.05, 0.1) is 5.69 Å². The SMILES string of the molecule is NNc1cccc(-c2cccc(F)c2)c1F. The summed E-state index contributed by atoms with van der Waals surface area (Å²) in [7, 11) is 0. The molecule has 0 aromatic heterocycles. The Morgan fingerprint density at radius 2 is 1.75 bits per heavy atom. The highest BCUT2D eigenvalue weighted by Gasteiger charge is 2.09. The van der Waals surface area contributed by atoms with E-state index in [0.29, 0.717) is 11.1 Å². The van der Waals surface area contributed by atoms with Crippen molar-refractivity contribution in [2.75, 3.05) is 5.43 Å². The molecule has 0 radical (unpaired) electrons. The fraction of sp³-hybridized carbons (Fsp3) is 0. The van der Waals surface area contributed by atoms with Crippen molar-refractivity contribution < 1.29 is 8.78 Å². The van der Waals surface area contributed by atoms with Crippen molar-refractivity contribution in [2.45, 2.75) is 0 Å². The first-order chi connectivity index (χ1) is 7.72. The van der Waals surface area contributed by atoms with Crippen LogP contribution in [0.5, 0.6) is 0 Å². The van der Waals surface area contributed by atoms with Crippen LogP contribution in [0.4, 0.5) is 14.5 Å². The molecule has 2 rings (SSSR count). The summed E-state index contributed by atoms with van der Waals surface area (Å²) in [6.45, 7) is 0. The first-order valence-corrected chi connectivity index (χ1v) is 4.73. The zero-order chi connectivity index (χ0) is 11.5. The number of nitrogens with two attached hydrogens (primary N) is 1. The van der Waals surface area contributed by atoms with Crippen molar-refractivity contribution in [2.24, 2.45) is 5.84 Å². The predicted octanol–water partition coefficient (Wildman–Crippen LogP) is 2.92. The molecule has 2 aromatic rings. The quantitative estimate of drug-likeness (QED) is 0.603. The van der Waals surface area contributed by atoms with Gasteiger partial charge in [-0.25, -0.2) is 8.78 Å². The number of anilines is 1. The lowest BCUT2D eigenvalue weighted by Gasteiger charge is -2.07. The van der Waals surface area contributed by atoms with Gasteiger partial charge in [0.2, 0.25) is 0 Å². The molecule has 0 saturated heterocycles. The molecule has 0 spiro atoms. The molecule has 4 heteroatoms. The number of hydrogen-bond acceptors (Lipinski definition) is 2. The van der Waals surface area contributed by atoms with Crippen LogP contribution in [0.25, 0.3) is 11.1 Å². The van der Waals surface area contributed by atoms with E-state index >= 15 is 0 Å². The van der Waals surface area contributed by atoms with Gasteiger partial charge in [-0.3, -0.25) is 5.84 Å². The number of benzene rings is 2. The molecule has 16 heavy (non-hydrogen) atoms. The third-order valence-electron chi connectivity index (χ3n) is 2.29. The minimum atomic E-state index is -0.490. The topological polar surface area (TPSA) is 38.0 Å². The van der Waals surface area contributed by atoms with Crippen LogP contribution in [0.15, 0.2) is 42.5 Å². The van der Waals surface area contributed by atoms with Crippen LogP contribution < -0.4 is 11.3 Å². The molecule has 2 nitrogen and oxygen atoms in total. The molecule has 0 bridgehead atoms. The summed E-state index contributed by atoms with van der Waals surface area (Å²) in [4.78, 5) is 0. The summed E-state index contributed by atoms with van der Waals surface area (Å²) >= 11 is 0. The summed E-state index contributed by atoms with van der Waals surface area (Å²) in [5.41, 5.74) is 3.23. The average molecular weight is 220 g/mol. The molecule has 0 fully saturated rings. The van der Waals surface area contributed by atoms with E-state index in [4.69, 9.17) is 5.84 Å². The maximum atomic E-state index is 13.8. The maximum absolute atomic E-state index is 13.8. The molecule has 3 N–H and O–H groups in total. The van der Waals surface area contributed by atoms with Gasteiger partial charge in [0.25, 0.3) is 0 Å². The molecule has 0 aliphatic rings. The average Bonchev–Trinajstić information content (AvgIpc) is 2.29. The van der Waals surface area contributed by atoms with Crippen molar-refractivity contribution in [1.29, 1.82) is 0 Å². The highest BCUT2D eigenvalue weighted by Crippen LogP contribution is 2.27. The van der Waals surface area contributed by atoms with Crippen LogP contribution in [0.1, 0.15) is 0 Å². The second-order valence-corrected chi connectivity index (χ2v) is 3.32. The Balaban J connectivity index is 2.56. The minimum absolute atomic E-state index is 0.182. The lowest BCUT2D eigenvalue weighted by molar-refractivity contribution is 0.625. The van der Waals surface area contributed by atoms with E-state index in [1.165, 1.54) is 24.3 Å². The van der Waals surface area contributed by atoms with E-state index in [9.17, 15) is 8.78 Å². The summed E-state index contributed by atoms with van der Waals surface area (Å²) in [5.74, 6) is 4.27. The fourth-order valence-corrected chi connectivity index (χ4v) is 1.52. The van der Waals surface area contributed by atoms with E-state index in [1.54, 1.807) is 18.2 Å². The number of rotatable bonds is 2. The molecule has 0 unspecified atom stereocenters. The zero-order valence-electron chi connectivity index (χ0n) is 8.37. The van der Waals surface area contributed by atoms with Gasteiger partial charge in [0.15, 0.2) is 5.82 Å². The van der Waals surface area contributed by atoms with Gasteiger partial charge in [-0.2, -0.15) is 0 Å². The van der Waals surface area contributed by atoms with Gasteiger partial charge >= 0.3 is 0 Å². The second-order valence-electron chi connectivity index (χ2n) is 3.32. The van der Waals surface area contributed by atoms with Crippen LogP contribution in [0, 0.1) is 11.6 Å². The molecular weight excluding hydrogens is 210 g/mol. The first-order valence-electron chi connectivity index (χ1n) is 4.73. The van der Waals surface area contributed by atoms with Crippen LogP contribution in [-0.4, -0.2) is 0 Å². The zero-order valence-corrected chi connectivity index (χ0v) is 8.37.